The monoisotopic (exact) mass is 321 g/mol. The Morgan fingerprint density at radius 2 is 2.43 bits per heavy atom. The van der Waals surface area contributed by atoms with E-state index in [2.05, 4.69) is 15.2 Å². The molecule has 3 rings (SSSR count). The number of methoxy groups -OCH3 is 1. The molecule has 2 saturated heterocycles. The van der Waals surface area contributed by atoms with E-state index in [1.54, 1.807) is 18.3 Å². The molecule has 0 aliphatic carbocycles. The molecule has 2 aliphatic heterocycles. The van der Waals surface area contributed by atoms with Gasteiger partial charge in [-0.3, -0.25) is 9.69 Å². The van der Waals surface area contributed by atoms with Crippen LogP contribution in [0.5, 0.6) is 5.88 Å². The first kappa shape index (κ1) is 16.2. The number of aliphatic hydroxyl groups excluding tert-OH is 1. The molecule has 0 saturated carbocycles. The number of hydrogen-bond donors (Lipinski definition) is 2. The van der Waals surface area contributed by atoms with Crippen LogP contribution in [0.4, 0.5) is 0 Å². The zero-order valence-corrected chi connectivity index (χ0v) is 13.3. The topological polar surface area (TPSA) is 83.9 Å². The summed E-state index contributed by atoms with van der Waals surface area (Å²) in [6.45, 7) is 2.43. The van der Waals surface area contributed by atoms with Crippen LogP contribution in [0.25, 0.3) is 0 Å². The van der Waals surface area contributed by atoms with Crippen molar-refractivity contribution in [1.82, 2.24) is 15.2 Å². The number of nitrogens with one attached hydrogen (secondary N) is 1. The van der Waals surface area contributed by atoms with Crippen LogP contribution in [0.15, 0.2) is 18.3 Å². The highest BCUT2D eigenvalue weighted by Crippen LogP contribution is 2.25. The number of nitrogens with zero attached hydrogens (tertiary/aromatic N) is 2. The molecule has 3 heterocycles. The maximum absolute atomic E-state index is 12.4. The van der Waals surface area contributed by atoms with Gasteiger partial charge in [-0.05, 0) is 25.0 Å². The highest BCUT2D eigenvalue weighted by molar-refractivity contribution is 5.96. The number of carbonyl (C=O) groups excluding carboxylic acids is 1. The van der Waals surface area contributed by atoms with E-state index in [0.717, 1.165) is 19.5 Å². The van der Waals surface area contributed by atoms with Crippen molar-refractivity contribution in [2.24, 2.45) is 0 Å². The van der Waals surface area contributed by atoms with Crippen molar-refractivity contribution in [2.75, 3.05) is 33.4 Å². The van der Waals surface area contributed by atoms with Gasteiger partial charge in [0.2, 0.25) is 5.88 Å². The van der Waals surface area contributed by atoms with Gasteiger partial charge >= 0.3 is 0 Å². The summed E-state index contributed by atoms with van der Waals surface area (Å²) in [5.41, 5.74) is 0.453. The fraction of sp³-hybridized carbons (Fsp3) is 0.625. The van der Waals surface area contributed by atoms with Crippen LogP contribution in [0.3, 0.4) is 0 Å². The lowest BCUT2D eigenvalue weighted by molar-refractivity contribution is -0.0566. The van der Waals surface area contributed by atoms with Crippen LogP contribution < -0.4 is 10.1 Å². The van der Waals surface area contributed by atoms with E-state index in [1.165, 1.54) is 7.11 Å². The van der Waals surface area contributed by atoms with Crippen molar-refractivity contribution in [2.45, 2.75) is 31.0 Å². The van der Waals surface area contributed by atoms with Gasteiger partial charge in [0.05, 0.1) is 19.8 Å². The second-order valence-electron chi connectivity index (χ2n) is 6.04. The summed E-state index contributed by atoms with van der Waals surface area (Å²) in [7, 11) is 1.51. The number of pyridine rings is 1. The molecule has 23 heavy (non-hydrogen) atoms. The molecule has 1 aromatic rings. The smallest absolute Gasteiger partial charge is 0.257 e. The zero-order chi connectivity index (χ0) is 16.2. The normalized spacial score (nSPS) is 27.5. The molecule has 3 atom stereocenters. The van der Waals surface area contributed by atoms with E-state index in [1.807, 2.05) is 0 Å². The molecule has 2 aliphatic rings. The van der Waals surface area contributed by atoms with Gasteiger partial charge in [-0.1, -0.05) is 0 Å². The van der Waals surface area contributed by atoms with Crippen LogP contribution in [0.1, 0.15) is 23.2 Å². The molecular formula is C16H23N3O4. The van der Waals surface area contributed by atoms with E-state index >= 15 is 0 Å². The molecule has 7 nitrogen and oxygen atoms in total. The molecule has 1 aromatic heterocycles. The highest BCUT2D eigenvalue weighted by Gasteiger charge is 2.37. The van der Waals surface area contributed by atoms with Crippen molar-refractivity contribution >= 4 is 5.91 Å². The highest BCUT2D eigenvalue weighted by atomic mass is 16.5. The minimum absolute atomic E-state index is 0.0871. The Kier molecular flexibility index (Phi) is 5.09. The third kappa shape index (κ3) is 3.63. The van der Waals surface area contributed by atoms with E-state index < -0.39 is 0 Å². The fourth-order valence-corrected chi connectivity index (χ4v) is 3.36. The molecule has 2 fully saturated rings. The number of hydrogen-bond acceptors (Lipinski definition) is 6. The molecule has 7 heteroatoms. The number of rotatable bonds is 5. The van der Waals surface area contributed by atoms with E-state index in [0.29, 0.717) is 30.5 Å². The summed E-state index contributed by atoms with van der Waals surface area (Å²) >= 11 is 0. The standard InChI is InChI=1S/C16H23N3O4/c1-22-16-14(3-2-5-17-16)15(21)18-11-7-12-10-23-13(4-6-20)9-19(12)8-11/h2-3,5,11-13,20H,4,6-10H2,1H3,(H,18,21)/t11-,12+,13+/m1/s1. The predicted molar refractivity (Wildman–Crippen MR) is 83.5 cm³/mol. The third-order valence-electron chi connectivity index (χ3n) is 4.49. The number of ether oxygens (including phenoxy) is 2. The number of aliphatic hydroxyl groups is 1. The lowest BCUT2D eigenvalue weighted by Gasteiger charge is -2.34. The van der Waals surface area contributed by atoms with Crippen molar-refractivity contribution in [3.63, 3.8) is 0 Å². The van der Waals surface area contributed by atoms with Crippen LogP contribution in [0.2, 0.25) is 0 Å². The average Bonchev–Trinajstić information content (AvgIpc) is 2.96. The Morgan fingerprint density at radius 3 is 3.22 bits per heavy atom. The molecule has 0 unspecified atom stereocenters. The molecule has 0 spiro atoms. The predicted octanol–water partition coefficient (Wildman–Crippen LogP) is 0.0441. The first-order valence-corrected chi connectivity index (χ1v) is 7.97. The number of morpholine rings is 1. The summed E-state index contributed by atoms with van der Waals surface area (Å²) in [5, 5.41) is 12.1. The Hall–Kier alpha value is -1.70. The number of fused-ring (bicyclic) bond motifs is 1. The molecule has 1 amide bonds. The molecule has 0 aromatic carbocycles. The summed E-state index contributed by atoms with van der Waals surface area (Å²) < 4.78 is 10.9. The minimum Gasteiger partial charge on any atom is -0.480 e. The summed E-state index contributed by atoms with van der Waals surface area (Å²) in [6, 6.07) is 3.87. The minimum atomic E-state index is -0.160. The Bertz CT molecular complexity index is 554. The van der Waals surface area contributed by atoms with Gasteiger partial charge in [-0.15, -0.1) is 0 Å². The van der Waals surface area contributed by atoms with Crippen molar-refractivity contribution in [1.29, 1.82) is 0 Å². The quantitative estimate of drug-likeness (QED) is 0.797. The largest absolute Gasteiger partial charge is 0.480 e. The van der Waals surface area contributed by atoms with E-state index in [4.69, 9.17) is 14.6 Å². The molecule has 126 valence electrons. The second kappa shape index (κ2) is 7.25. The molecule has 0 bridgehead atoms. The van der Waals surface area contributed by atoms with E-state index in [9.17, 15) is 4.79 Å². The molecule has 2 N–H and O–H groups in total. The van der Waals surface area contributed by atoms with E-state index in [-0.39, 0.29) is 24.7 Å². The lowest BCUT2D eigenvalue weighted by atomic mass is 10.1. The molecule has 0 radical (unpaired) electrons. The first-order valence-electron chi connectivity index (χ1n) is 7.97. The van der Waals surface area contributed by atoms with Crippen LogP contribution >= 0.6 is 0 Å². The van der Waals surface area contributed by atoms with Crippen LogP contribution in [0, 0.1) is 0 Å². The lowest BCUT2D eigenvalue weighted by Crippen LogP contribution is -2.46. The van der Waals surface area contributed by atoms with Gasteiger partial charge in [0.15, 0.2) is 0 Å². The average molecular weight is 321 g/mol. The number of aromatic nitrogens is 1. The van der Waals surface area contributed by atoms with Crippen LogP contribution in [-0.4, -0.2) is 72.5 Å². The Labute approximate surface area is 135 Å². The maximum Gasteiger partial charge on any atom is 0.257 e. The van der Waals surface area contributed by atoms with Crippen molar-refractivity contribution in [3.8, 4) is 5.88 Å². The van der Waals surface area contributed by atoms with Gasteiger partial charge in [-0.25, -0.2) is 4.98 Å². The van der Waals surface area contributed by atoms with Gasteiger partial charge in [0, 0.05) is 38.0 Å². The second-order valence-corrected chi connectivity index (χ2v) is 6.04. The zero-order valence-electron chi connectivity index (χ0n) is 13.3. The first-order chi connectivity index (χ1) is 11.2. The fourth-order valence-electron chi connectivity index (χ4n) is 3.36. The SMILES string of the molecule is COc1ncccc1C(=O)N[C@@H]1C[C@H]2CO[C@@H](CCO)CN2C1. The summed E-state index contributed by atoms with van der Waals surface area (Å²) in [4.78, 5) is 18.8. The number of carbonyl (C=O) groups is 1. The number of amides is 1. The van der Waals surface area contributed by atoms with Gasteiger partial charge < -0.3 is 19.9 Å². The Morgan fingerprint density at radius 1 is 1.57 bits per heavy atom. The van der Waals surface area contributed by atoms with Gasteiger partial charge in [0.25, 0.3) is 5.91 Å². The Balaban J connectivity index is 1.58. The van der Waals surface area contributed by atoms with Gasteiger partial charge in [-0.2, -0.15) is 0 Å². The summed E-state index contributed by atoms with van der Waals surface area (Å²) in [6.07, 6.45) is 3.22. The maximum atomic E-state index is 12.4. The van der Waals surface area contributed by atoms with Crippen molar-refractivity contribution in [3.05, 3.63) is 23.9 Å². The van der Waals surface area contributed by atoms with Crippen LogP contribution in [-0.2, 0) is 4.74 Å². The summed E-state index contributed by atoms with van der Waals surface area (Å²) in [5.74, 6) is 0.180. The van der Waals surface area contributed by atoms with Crippen molar-refractivity contribution < 1.29 is 19.4 Å². The van der Waals surface area contributed by atoms with Gasteiger partial charge in [0.1, 0.15) is 5.56 Å². The third-order valence-corrected chi connectivity index (χ3v) is 4.49. The molecular weight excluding hydrogens is 298 g/mol.